The molecule has 2 heterocycles. The molecule has 1 fully saturated rings. The Balaban J connectivity index is 1.65. The lowest BCUT2D eigenvalue weighted by Crippen LogP contribution is -2.26. The average molecular weight is 420 g/mol. The highest BCUT2D eigenvalue weighted by molar-refractivity contribution is 6.03. The van der Waals surface area contributed by atoms with E-state index in [2.05, 4.69) is 35.2 Å². The van der Waals surface area contributed by atoms with Crippen LogP contribution in [0.4, 0.5) is 10.5 Å². The highest BCUT2D eigenvalue weighted by atomic mass is 16.7. The first-order chi connectivity index (χ1) is 14.8. The van der Waals surface area contributed by atoms with Crippen molar-refractivity contribution >= 4 is 23.3 Å². The highest BCUT2D eigenvalue weighted by Gasteiger charge is 2.26. The van der Waals surface area contributed by atoms with Gasteiger partial charge in [-0.05, 0) is 47.9 Å². The van der Waals surface area contributed by atoms with E-state index in [1.807, 2.05) is 24.3 Å². The predicted molar refractivity (Wildman–Crippen MR) is 113 cm³/mol. The zero-order valence-electron chi connectivity index (χ0n) is 17.5. The minimum absolute atomic E-state index is 0.0647. The number of allylic oxidation sites excluding steroid dienone is 2. The summed E-state index contributed by atoms with van der Waals surface area (Å²) in [4.78, 5) is 30.6. The summed E-state index contributed by atoms with van der Waals surface area (Å²) in [6.45, 7) is 5.02. The molecule has 1 aliphatic heterocycles. The standard InChI is InChI=1S/C23H24N4O4/c1-23(2)7-5-14(6-8-23)18-9-15(16-12-30-22(29)31-13-16)3-4-19(18)27-21(28)20-25-11-17(10-24)26-20/h3-5,9,11,16H,6-8,12-13H2,1-2H3,(H,25,26)(H,27,28). The van der Waals surface area contributed by atoms with Crippen LogP contribution in [0.5, 0.6) is 0 Å². The summed E-state index contributed by atoms with van der Waals surface area (Å²) in [6.07, 6.45) is 5.81. The van der Waals surface area contributed by atoms with E-state index in [0.29, 0.717) is 5.69 Å². The summed E-state index contributed by atoms with van der Waals surface area (Å²) < 4.78 is 10.1. The molecule has 1 amide bonds. The summed E-state index contributed by atoms with van der Waals surface area (Å²) in [5, 5.41) is 11.9. The fraction of sp³-hybridized carbons (Fsp3) is 0.391. The summed E-state index contributed by atoms with van der Waals surface area (Å²) in [6, 6.07) is 7.73. The van der Waals surface area contributed by atoms with Crippen molar-refractivity contribution in [3.63, 3.8) is 0 Å². The Kier molecular flexibility index (Phi) is 5.51. The van der Waals surface area contributed by atoms with Gasteiger partial charge in [-0.2, -0.15) is 5.26 Å². The summed E-state index contributed by atoms with van der Waals surface area (Å²) in [5.74, 6) is -0.398. The number of aromatic nitrogens is 2. The maximum absolute atomic E-state index is 12.7. The fourth-order valence-corrected chi connectivity index (χ4v) is 3.81. The molecule has 2 N–H and O–H groups in total. The second kappa shape index (κ2) is 8.26. The zero-order chi connectivity index (χ0) is 22.0. The second-order valence-corrected chi connectivity index (χ2v) is 8.68. The lowest BCUT2D eigenvalue weighted by Gasteiger charge is -2.30. The first kappa shape index (κ1) is 20.7. The Morgan fingerprint density at radius 3 is 2.74 bits per heavy atom. The number of carbonyl (C=O) groups excluding carboxylic acids is 2. The molecule has 0 atom stereocenters. The van der Waals surface area contributed by atoms with Crippen molar-refractivity contribution in [2.75, 3.05) is 18.5 Å². The number of anilines is 1. The van der Waals surface area contributed by atoms with Crippen molar-refractivity contribution in [3.8, 4) is 6.07 Å². The van der Waals surface area contributed by atoms with Gasteiger partial charge in [0.15, 0.2) is 5.82 Å². The topological polar surface area (TPSA) is 117 Å². The van der Waals surface area contributed by atoms with Crippen LogP contribution >= 0.6 is 0 Å². The lowest BCUT2D eigenvalue weighted by molar-refractivity contribution is 0.00721. The van der Waals surface area contributed by atoms with Gasteiger partial charge >= 0.3 is 6.16 Å². The molecule has 0 unspecified atom stereocenters. The maximum Gasteiger partial charge on any atom is 0.508 e. The molecule has 0 spiro atoms. The van der Waals surface area contributed by atoms with E-state index in [9.17, 15) is 9.59 Å². The third kappa shape index (κ3) is 4.61. The number of cyclic esters (lactones) is 2. The van der Waals surface area contributed by atoms with Gasteiger partial charge in [0.1, 0.15) is 25.0 Å². The molecule has 0 bridgehead atoms. The van der Waals surface area contributed by atoms with Crippen LogP contribution in [0.25, 0.3) is 5.57 Å². The number of aromatic amines is 1. The zero-order valence-corrected chi connectivity index (χ0v) is 17.5. The summed E-state index contributed by atoms with van der Waals surface area (Å²) in [7, 11) is 0. The number of hydrogen-bond acceptors (Lipinski definition) is 6. The van der Waals surface area contributed by atoms with Crippen LogP contribution in [0.15, 0.2) is 30.5 Å². The largest absolute Gasteiger partial charge is 0.508 e. The number of hydrogen-bond donors (Lipinski definition) is 2. The summed E-state index contributed by atoms with van der Waals surface area (Å²) in [5.41, 5.74) is 4.23. The SMILES string of the molecule is CC1(C)CC=C(c2cc(C3COC(=O)OC3)ccc2NC(=O)c2ncc(C#N)[nH]2)CC1. The summed E-state index contributed by atoms with van der Waals surface area (Å²) >= 11 is 0. The van der Waals surface area contributed by atoms with Crippen molar-refractivity contribution < 1.29 is 19.1 Å². The van der Waals surface area contributed by atoms with Gasteiger partial charge in [0.2, 0.25) is 0 Å². The minimum atomic E-state index is -0.646. The van der Waals surface area contributed by atoms with Crippen molar-refractivity contribution in [2.24, 2.45) is 5.41 Å². The molecular weight excluding hydrogens is 396 g/mol. The van der Waals surface area contributed by atoms with Crippen LogP contribution in [0.1, 0.15) is 66.5 Å². The predicted octanol–water partition coefficient (Wildman–Crippen LogP) is 4.38. The van der Waals surface area contributed by atoms with Crippen molar-refractivity contribution in [3.05, 3.63) is 53.1 Å². The van der Waals surface area contributed by atoms with Crippen LogP contribution in [0.3, 0.4) is 0 Å². The Bertz CT molecular complexity index is 1080. The highest BCUT2D eigenvalue weighted by Crippen LogP contribution is 2.40. The van der Waals surface area contributed by atoms with E-state index < -0.39 is 12.1 Å². The smallest absolute Gasteiger partial charge is 0.434 e. The number of imidazole rings is 1. The number of benzene rings is 1. The number of H-pyrrole nitrogens is 1. The molecule has 31 heavy (non-hydrogen) atoms. The number of amides is 1. The molecule has 0 saturated carbocycles. The normalized spacial score (nSPS) is 18.4. The van der Waals surface area contributed by atoms with Gasteiger partial charge in [0, 0.05) is 11.3 Å². The minimum Gasteiger partial charge on any atom is -0.434 e. The molecule has 1 aromatic heterocycles. The van der Waals surface area contributed by atoms with E-state index in [1.54, 1.807) is 0 Å². The molecule has 8 heteroatoms. The first-order valence-electron chi connectivity index (χ1n) is 10.2. The van der Waals surface area contributed by atoms with Gasteiger partial charge in [0.25, 0.3) is 5.91 Å². The number of ether oxygens (including phenoxy) is 2. The average Bonchev–Trinajstić information content (AvgIpc) is 3.24. The Morgan fingerprint density at radius 2 is 2.10 bits per heavy atom. The molecule has 2 aromatic rings. The Hall–Kier alpha value is -3.60. The molecule has 160 valence electrons. The lowest BCUT2D eigenvalue weighted by atomic mass is 9.76. The van der Waals surface area contributed by atoms with Crippen LogP contribution in [-0.2, 0) is 9.47 Å². The third-order valence-electron chi connectivity index (χ3n) is 5.80. The van der Waals surface area contributed by atoms with Crippen LogP contribution in [0, 0.1) is 16.7 Å². The molecule has 2 aliphatic rings. The number of nitrogens with zero attached hydrogens (tertiary/aromatic N) is 2. The Morgan fingerprint density at radius 1 is 1.32 bits per heavy atom. The molecule has 8 nitrogen and oxygen atoms in total. The number of nitriles is 1. The Labute approximate surface area is 180 Å². The fourth-order valence-electron chi connectivity index (χ4n) is 3.81. The van der Waals surface area contributed by atoms with Gasteiger partial charge in [-0.3, -0.25) is 4.79 Å². The van der Waals surface area contributed by atoms with E-state index in [4.69, 9.17) is 14.7 Å². The third-order valence-corrected chi connectivity index (χ3v) is 5.80. The van der Waals surface area contributed by atoms with Crippen molar-refractivity contribution in [2.45, 2.75) is 39.0 Å². The second-order valence-electron chi connectivity index (χ2n) is 8.68. The van der Waals surface area contributed by atoms with Crippen LogP contribution in [-0.4, -0.2) is 35.2 Å². The maximum atomic E-state index is 12.7. The molecule has 0 radical (unpaired) electrons. The number of carbonyl (C=O) groups is 2. The number of nitrogens with one attached hydrogen (secondary N) is 2. The van der Waals surface area contributed by atoms with E-state index >= 15 is 0 Å². The van der Waals surface area contributed by atoms with E-state index in [-0.39, 0.29) is 36.1 Å². The number of rotatable bonds is 4. The van der Waals surface area contributed by atoms with Crippen LogP contribution in [0.2, 0.25) is 0 Å². The monoisotopic (exact) mass is 420 g/mol. The van der Waals surface area contributed by atoms with Crippen LogP contribution < -0.4 is 5.32 Å². The quantitative estimate of drug-likeness (QED) is 0.709. The van der Waals surface area contributed by atoms with E-state index in [0.717, 1.165) is 30.4 Å². The first-order valence-corrected chi connectivity index (χ1v) is 10.2. The van der Waals surface area contributed by atoms with Crippen molar-refractivity contribution in [1.82, 2.24) is 9.97 Å². The van der Waals surface area contributed by atoms with Gasteiger partial charge in [-0.15, -0.1) is 0 Å². The molecule has 1 saturated heterocycles. The molecule has 1 aliphatic carbocycles. The van der Waals surface area contributed by atoms with E-state index in [1.165, 1.54) is 11.8 Å². The van der Waals surface area contributed by atoms with Gasteiger partial charge < -0.3 is 19.8 Å². The van der Waals surface area contributed by atoms with Gasteiger partial charge in [0.05, 0.1) is 12.1 Å². The van der Waals surface area contributed by atoms with Gasteiger partial charge in [-0.25, -0.2) is 9.78 Å². The molecular formula is C23H24N4O4. The van der Waals surface area contributed by atoms with Gasteiger partial charge in [-0.1, -0.05) is 26.0 Å². The molecule has 4 rings (SSSR count). The molecule has 1 aromatic carbocycles. The van der Waals surface area contributed by atoms with Crippen molar-refractivity contribution in [1.29, 1.82) is 5.26 Å².